The van der Waals surface area contributed by atoms with E-state index < -0.39 is 0 Å². The van der Waals surface area contributed by atoms with Gasteiger partial charge in [0, 0.05) is 50.5 Å². The van der Waals surface area contributed by atoms with Gasteiger partial charge in [-0.2, -0.15) is 0 Å². The minimum atomic E-state index is -0.386. The van der Waals surface area contributed by atoms with Gasteiger partial charge in [0.2, 0.25) is 11.8 Å². The summed E-state index contributed by atoms with van der Waals surface area (Å²) in [4.78, 5) is 41.1. The van der Waals surface area contributed by atoms with Crippen molar-refractivity contribution in [3.8, 4) is 5.75 Å². The van der Waals surface area contributed by atoms with Crippen molar-refractivity contribution in [1.29, 1.82) is 0 Å². The molecule has 2 N–H and O–H groups in total. The highest BCUT2D eigenvalue weighted by atomic mass is 35.5. The SMILES string of the molecule is O=C(COc1ccc(N2C[C@@H](C(=O)NCCN3CCOCC3)CC2=O)cc1)Nc1ccc(Cl)c(Cl)c1. The molecule has 0 unspecified atom stereocenters. The smallest absolute Gasteiger partial charge is 0.262 e. The molecule has 0 aliphatic carbocycles. The lowest BCUT2D eigenvalue weighted by molar-refractivity contribution is -0.126. The van der Waals surface area contributed by atoms with Crippen LogP contribution in [0.15, 0.2) is 42.5 Å². The second kappa shape index (κ2) is 12.4. The van der Waals surface area contributed by atoms with Gasteiger partial charge in [-0.15, -0.1) is 0 Å². The van der Waals surface area contributed by atoms with Gasteiger partial charge in [0.05, 0.1) is 29.2 Å². The van der Waals surface area contributed by atoms with Crippen LogP contribution in [0.2, 0.25) is 10.0 Å². The monoisotopic (exact) mass is 534 g/mol. The normalized spacial score (nSPS) is 18.2. The van der Waals surface area contributed by atoms with E-state index in [0.717, 1.165) is 32.8 Å². The van der Waals surface area contributed by atoms with Gasteiger partial charge < -0.3 is 25.0 Å². The third kappa shape index (κ3) is 7.10. The van der Waals surface area contributed by atoms with Crippen LogP contribution in [0.4, 0.5) is 11.4 Å². The summed E-state index contributed by atoms with van der Waals surface area (Å²) in [6.07, 6.45) is 0.177. The van der Waals surface area contributed by atoms with Crippen molar-refractivity contribution >= 4 is 52.3 Å². The maximum Gasteiger partial charge on any atom is 0.262 e. The summed E-state index contributed by atoms with van der Waals surface area (Å²) in [7, 11) is 0. The zero-order chi connectivity index (χ0) is 25.5. The third-order valence-electron chi connectivity index (χ3n) is 6.05. The first kappa shape index (κ1) is 26.2. The summed E-state index contributed by atoms with van der Waals surface area (Å²) in [6.45, 7) is 4.62. The Hall–Kier alpha value is -2.85. The topological polar surface area (TPSA) is 100 Å². The number of nitrogens with one attached hydrogen (secondary N) is 2. The van der Waals surface area contributed by atoms with E-state index in [1.54, 1.807) is 47.4 Å². The van der Waals surface area contributed by atoms with E-state index in [1.807, 2.05) is 0 Å². The number of carbonyl (C=O) groups excluding carboxylic acids is 3. The van der Waals surface area contributed by atoms with Crippen LogP contribution in [0.25, 0.3) is 0 Å². The lowest BCUT2D eigenvalue weighted by Gasteiger charge is -2.26. The van der Waals surface area contributed by atoms with Crippen molar-refractivity contribution in [1.82, 2.24) is 10.2 Å². The van der Waals surface area contributed by atoms with Crippen LogP contribution < -0.4 is 20.3 Å². The van der Waals surface area contributed by atoms with Crippen molar-refractivity contribution in [3.63, 3.8) is 0 Å². The molecule has 2 aromatic rings. The number of anilines is 2. The number of hydrogen-bond acceptors (Lipinski definition) is 6. The molecule has 2 fully saturated rings. The van der Waals surface area contributed by atoms with Crippen LogP contribution in [0.3, 0.4) is 0 Å². The molecule has 0 aromatic heterocycles. The van der Waals surface area contributed by atoms with Crippen LogP contribution in [0.5, 0.6) is 5.75 Å². The predicted octanol–water partition coefficient (Wildman–Crippen LogP) is 2.81. The summed E-state index contributed by atoms with van der Waals surface area (Å²) in [5.41, 5.74) is 1.19. The van der Waals surface area contributed by atoms with E-state index >= 15 is 0 Å². The van der Waals surface area contributed by atoms with Gasteiger partial charge in [-0.1, -0.05) is 23.2 Å². The molecule has 2 aliphatic heterocycles. The molecular formula is C25H28Cl2N4O5. The first-order chi connectivity index (χ1) is 17.4. The third-order valence-corrected chi connectivity index (χ3v) is 6.79. The fourth-order valence-electron chi connectivity index (χ4n) is 4.08. The largest absolute Gasteiger partial charge is 0.484 e. The van der Waals surface area contributed by atoms with Gasteiger partial charge in [0.25, 0.3) is 5.91 Å². The van der Waals surface area contributed by atoms with Crippen LogP contribution in [-0.4, -0.2) is 75.2 Å². The fraction of sp³-hybridized carbons (Fsp3) is 0.400. The quantitative estimate of drug-likeness (QED) is 0.513. The van der Waals surface area contributed by atoms with E-state index in [9.17, 15) is 14.4 Å². The molecule has 4 rings (SSSR count). The Morgan fingerprint density at radius 3 is 2.53 bits per heavy atom. The summed E-state index contributed by atoms with van der Waals surface area (Å²) in [6, 6.07) is 11.6. The molecule has 36 heavy (non-hydrogen) atoms. The van der Waals surface area contributed by atoms with Crippen LogP contribution >= 0.6 is 23.2 Å². The Bertz CT molecular complexity index is 1090. The molecule has 3 amide bonds. The highest BCUT2D eigenvalue weighted by molar-refractivity contribution is 6.42. The highest BCUT2D eigenvalue weighted by Crippen LogP contribution is 2.27. The molecular weight excluding hydrogens is 507 g/mol. The minimum absolute atomic E-state index is 0.0991. The predicted molar refractivity (Wildman–Crippen MR) is 138 cm³/mol. The van der Waals surface area contributed by atoms with E-state index in [-0.39, 0.29) is 36.7 Å². The van der Waals surface area contributed by atoms with Gasteiger partial charge in [-0.05, 0) is 42.5 Å². The van der Waals surface area contributed by atoms with Gasteiger partial charge in [-0.25, -0.2) is 0 Å². The summed E-state index contributed by atoms with van der Waals surface area (Å²) in [5, 5.41) is 6.38. The number of carbonyl (C=O) groups is 3. The van der Waals surface area contributed by atoms with Crippen LogP contribution in [-0.2, 0) is 19.1 Å². The Kier molecular flexibility index (Phi) is 9.03. The fourth-order valence-corrected chi connectivity index (χ4v) is 4.38. The zero-order valence-corrected chi connectivity index (χ0v) is 21.2. The van der Waals surface area contributed by atoms with Gasteiger partial charge in [-0.3, -0.25) is 19.3 Å². The molecule has 0 spiro atoms. The Morgan fingerprint density at radius 2 is 1.81 bits per heavy atom. The average Bonchev–Trinajstić information content (AvgIpc) is 3.27. The number of rotatable bonds is 9. The lowest BCUT2D eigenvalue weighted by atomic mass is 10.1. The maximum atomic E-state index is 12.6. The Labute approximate surface area is 219 Å². The molecule has 2 heterocycles. The van der Waals surface area contributed by atoms with Crippen LogP contribution in [0.1, 0.15) is 6.42 Å². The second-order valence-electron chi connectivity index (χ2n) is 8.61. The Morgan fingerprint density at radius 1 is 1.06 bits per heavy atom. The number of benzene rings is 2. The summed E-state index contributed by atoms with van der Waals surface area (Å²) >= 11 is 11.8. The molecule has 1 atom stereocenters. The van der Waals surface area contributed by atoms with Gasteiger partial charge >= 0.3 is 0 Å². The lowest BCUT2D eigenvalue weighted by Crippen LogP contribution is -2.42. The molecule has 2 aromatic carbocycles. The summed E-state index contributed by atoms with van der Waals surface area (Å²) in [5.74, 6) is -0.463. The van der Waals surface area contributed by atoms with Crippen molar-refractivity contribution in [3.05, 3.63) is 52.5 Å². The minimum Gasteiger partial charge on any atom is -0.484 e. The van der Waals surface area contributed by atoms with Crippen molar-refractivity contribution in [2.45, 2.75) is 6.42 Å². The standard InChI is InChI=1S/C25H28Cl2N4O5/c26-21-6-1-18(14-22(21)27)29-23(32)16-36-20-4-2-19(3-5-20)31-15-17(13-24(31)33)25(34)28-7-8-30-9-11-35-12-10-30/h1-6,14,17H,7-13,15-16H2,(H,28,34)(H,29,32)/t17-/m0/s1. The molecule has 0 radical (unpaired) electrons. The number of amides is 3. The molecule has 2 saturated heterocycles. The van der Waals surface area contributed by atoms with E-state index in [2.05, 4.69) is 15.5 Å². The van der Waals surface area contributed by atoms with Crippen molar-refractivity contribution in [2.75, 3.05) is 62.8 Å². The zero-order valence-electron chi connectivity index (χ0n) is 19.7. The number of nitrogens with zero attached hydrogens (tertiary/aromatic N) is 2. The molecule has 0 bridgehead atoms. The number of morpholine rings is 1. The van der Waals surface area contributed by atoms with Crippen molar-refractivity contribution < 1.29 is 23.9 Å². The molecule has 0 saturated carbocycles. The molecule has 11 heteroatoms. The van der Waals surface area contributed by atoms with E-state index in [0.29, 0.717) is 40.3 Å². The van der Waals surface area contributed by atoms with Gasteiger partial charge in [0.1, 0.15) is 5.75 Å². The highest BCUT2D eigenvalue weighted by Gasteiger charge is 2.35. The van der Waals surface area contributed by atoms with E-state index in [4.69, 9.17) is 32.7 Å². The number of ether oxygens (including phenoxy) is 2. The van der Waals surface area contributed by atoms with E-state index in [1.165, 1.54) is 0 Å². The van der Waals surface area contributed by atoms with Crippen LogP contribution in [0, 0.1) is 5.92 Å². The van der Waals surface area contributed by atoms with Crippen molar-refractivity contribution in [2.24, 2.45) is 5.92 Å². The summed E-state index contributed by atoms with van der Waals surface area (Å²) < 4.78 is 10.9. The number of halogens is 2. The molecule has 2 aliphatic rings. The number of hydrogen-bond donors (Lipinski definition) is 2. The first-order valence-electron chi connectivity index (χ1n) is 11.7. The first-order valence-corrected chi connectivity index (χ1v) is 12.5. The maximum absolute atomic E-state index is 12.6. The Balaban J connectivity index is 1.22. The molecule has 192 valence electrons. The van der Waals surface area contributed by atoms with Gasteiger partial charge in [0.15, 0.2) is 6.61 Å². The molecule has 9 nitrogen and oxygen atoms in total. The second-order valence-corrected chi connectivity index (χ2v) is 9.42. The average molecular weight is 535 g/mol.